The number of carbonyl (C=O) groups is 2. The first-order valence-electron chi connectivity index (χ1n) is 9.33. The van der Waals surface area contributed by atoms with Gasteiger partial charge in [-0.2, -0.15) is 0 Å². The molecule has 0 fully saturated rings. The van der Waals surface area contributed by atoms with E-state index in [1.807, 2.05) is 6.07 Å². The SMILES string of the molecule is COC(=O)C[C@@H]1c2cc(OC)c(OC)cc2CCN1C(=O)Cc1ccccc1F. The molecule has 0 unspecified atom stereocenters. The molecule has 1 aliphatic heterocycles. The second kappa shape index (κ2) is 8.94. The van der Waals surface area contributed by atoms with Crippen LogP contribution in [0.25, 0.3) is 0 Å². The quantitative estimate of drug-likeness (QED) is 0.696. The van der Waals surface area contributed by atoms with Crippen LogP contribution in [-0.4, -0.2) is 44.7 Å². The molecule has 6 nitrogen and oxygen atoms in total. The van der Waals surface area contributed by atoms with Gasteiger partial charge in [0.25, 0.3) is 0 Å². The summed E-state index contributed by atoms with van der Waals surface area (Å²) in [4.78, 5) is 26.7. The summed E-state index contributed by atoms with van der Waals surface area (Å²) in [6, 6.07) is 9.35. The number of nitrogens with zero attached hydrogens (tertiary/aromatic N) is 1. The average molecular weight is 401 g/mol. The zero-order valence-electron chi connectivity index (χ0n) is 16.7. The van der Waals surface area contributed by atoms with Gasteiger partial charge in [-0.05, 0) is 41.3 Å². The van der Waals surface area contributed by atoms with E-state index in [9.17, 15) is 14.0 Å². The predicted octanol–water partition coefficient (Wildman–Crippen LogP) is 3.07. The zero-order valence-corrected chi connectivity index (χ0v) is 16.7. The van der Waals surface area contributed by atoms with Gasteiger partial charge in [0, 0.05) is 6.54 Å². The Labute approximate surface area is 169 Å². The molecule has 154 valence electrons. The van der Waals surface area contributed by atoms with Crippen molar-refractivity contribution in [2.75, 3.05) is 27.9 Å². The molecular formula is C22H24FNO5. The molecule has 0 saturated heterocycles. The minimum atomic E-state index is -0.523. The maximum Gasteiger partial charge on any atom is 0.307 e. The monoisotopic (exact) mass is 401 g/mol. The van der Waals surface area contributed by atoms with Gasteiger partial charge in [-0.15, -0.1) is 0 Å². The highest BCUT2D eigenvalue weighted by molar-refractivity contribution is 5.81. The number of hydrogen-bond acceptors (Lipinski definition) is 5. The Bertz CT molecular complexity index is 914. The van der Waals surface area contributed by atoms with E-state index in [-0.39, 0.29) is 18.7 Å². The Balaban J connectivity index is 1.96. The number of fused-ring (bicyclic) bond motifs is 1. The molecule has 2 aromatic carbocycles. The largest absolute Gasteiger partial charge is 0.493 e. The van der Waals surface area contributed by atoms with E-state index in [4.69, 9.17) is 14.2 Å². The number of esters is 1. The van der Waals surface area contributed by atoms with E-state index in [0.29, 0.717) is 30.0 Å². The van der Waals surface area contributed by atoms with Crippen molar-refractivity contribution in [1.82, 2.24) is 4.90 Å². The fourth-order valence-corrected chi connectivity index (χ4v) is 3.69. The van der Waals surface area contributed by atoms with Gasteiger partial charge in [0.05, 0.1) is 40.2 Å². The first-order valence-corrected chi connectivity index (χ1v) is 9.33. The fraction of sp³-hybridized carbons (Fsp3) is 0.364. The van der Waals surface area contributed by atoms with E-state index < -0.39 is 17.8 Å². The van der Waals surface area contributed by atoms with E-state index in [1.54, 1.807) is 36.3 Å². The minimum absolute atomic E-state index is 0.00198. The molecule has 1 atom stereocenters. The molecule has 1 aliphatic rings. The number of ether oxygens (including phenoxy) is 3. The van der Waals surface area contributed by atoms with Crippen molar-refractivity contribution in [2.45, 2.75) is 25.3 Å². The highest BCUT2D eigenvalue weighted by Gasteiger charge is 2.34. The summed E-state index contributed by atoms with van der Waals surface area (Å²) >= 11 is 0. The van der Waals surface area contributed by atoms with Crippen LogP contribution in [0.3, 0.4) is 0 Å². The highest BCUT2D eigenvalue weighted by atomic mass is 19.1. The topological polar surface area (TPSA) is 65.1 Å². The van der Waals surface area contributed by atoms with Crippen molar-refractivity contribution in [1.29, 1.82) is 0 Å². The van der Waals surface area contributed by atoms with Crippen molar-refractivity contribution in [3.05, 3.63) is 58.9 Å². The van der Waals surface area contributed by atoms with Crippen molar-refractivity contribution in [3.63, 3.8) is 0 Å². The number of hydrogen-bond donors (Lipinski definition) is 0. The number of amides is 1. The Hall–Kier alpha value is -3.09. The van der Waals surface area contributed by atoms with Crippen LogP contribution in [0.15, 0.2) is 36.4 Å². The molecule has 0 bridgehead atoms. The smallest absolute Gasteiger partial charge is 0.307 e. The van der Waals surface area contributed by atoms with Crippen LogP contribution in [0, 0.1) is 5.82 Å². The van der Waals surface area contributed by atoms with Crippen molar-refractivity contribution in [3.8, 4) is 11.5 Å². The van der Waals surface area contributed by atoms with Crippen LogP contribution in [0.4, 0.5) is 4.39 Å². The van der Waals surface area contributed by atoms with Gasteiger partial charge in [0.15, 0.2) is 11.5 Å². The van der Waals surface area contributed by atoms with Crippen LogP contribution in [0.5, 0.6) is 11.5 Å². The molecule has 7 heteroatoms. The second-order valence-electron chi connectivity index (χ2n) is 6.81. The summed E-state index contributed by atoms with van der Waals surface area (Å²) in [5.41, 5.74) is 2.11. The first-order chi connectivity index (χ1) is 14.0. The standard InChI is InChI=1S/C22H24FNO5/c1-27-19-10-14-8-9-24(21(25)11-15-6-4-5-7-17(15)23)18(13-22(26)29-3)16(14)12-20(19)28-2/h4-7,10,12,18H,8-9,11,13H2,1-3H3/t18-/m1/s1. The number of carbonyl (C=O) groups excluding carboxylic acids is 2. The molecule has 0 N–H and O–H groups in total. The fourth-order valence-electron chi connectivity index (χ4n) is 3.69. The third kappa shape index (κ3) is 4.34. The second-order valence-corrected chi connectivity index (χ2v) is 6.81. The number of halogens is 1. The summed E-state index contributed by atoms with van der Waals surface area (Å²) in [6.07, 6.45) is 0.519. The zero-order chi connectivity index (χ0) is 21.0. The van der Waals surface area contributed by atoms with Gasteiger partial charge in [0.2, 0.25) is 5.91 Å². The third-order valence-electron chi connectivity index (χ3n) is 5.21. The summed E-state index contributed by atoms with van der Waals surface area (Å²) in [5, 5.41) is 0. The number of rotatable bonds is 6. The number of methoxy groups -OCH3 is 3. The maximum atomic E-state index is 14.0. The Morgan fingerprint density at radius 3 is 2.45 bits per heavy atom. The minimum Gasteiger partial charge on any atom is -0.493 e. The molecule has 3 rings (SSSR count). The lowest BCUT2D eigenvalue weighted by atomic mass is 9.89. The van der Waals surface area contributed by atoms with Crippen LogP contribution >= 0.6 is 0 Å². The summed E-state index contributed by atoms with van der Waals surface area (Å²) in [5.74, 6) is 0.0127. The summed E-state index contributed by atoms with van der Waals surface area (Å²) in [7, 11) is 4.40. The summed E-state index contributed by atoms with van der Waals surface area (Å²) < 4.78 is 29.6. The third-order valence-corrected chi connectivity index (χ3v) is 5.21. The number of benzene rings is 2. The average Bonchev–Trinajstić information content (AvgIpc) is 2.74. The van der Waals surface area contributed by atoms with Crippen molar-refractivity contribution < 1.29 is 28.2 Å². The van der Waals surface area contributed by atoms with Gasteiger partial charge in [-0.1, -0.05) is 18.2 Å². The van der Waals surface area contributed by atoms with Gasteiger partial charge >= 0.3 is 5.97 Å². The predicted molar refractivity (Wildman–Crippen MR) is 104 cm³/mol. The van der Waals surface area contributed by atoms with Crippen LogP contribution in [0.1, 0.15) is 29.2 Å². The molecule has 29 heavy (non-hydrogen) atoms. The summed E-state index contributed by atoms with van der Waals surface area (Å²) in [6.45, 7) is 0.414. The lowest BCUT2D eigenvalue weighted by molar-refractivity contribution is -0.144. The van der Waals surface area contributed by atoms with Crippen LogP contribution < -0.4 is 9.47 Å². The molecule has 1 amide bonds. The van der Waals surface area contributed by atoms with Gasteiger partial charge in [0.1, 0.15) is 5.82 Å². The van der Waals surface area contributed by atoms with Gasteiger partial charge in [-0.3, -0.25) is 9.59 Å². The van der Waals surface area contributed by atoms with E-state index >= 15 is 0 Å². The molecule has 0 radical (unpaired) electrons. The lowest BCUT2D eigenvalue weighted by Gasteiger charge is -2.37. The van der Waals surface area contributed by atoms with Gasteiger partial charge in [-0.25, -0.2) is 4.39 Å². The molecule has 0 aromatic heterocycles. The van der Waals surface area contributed by atoms with E-state index in [2.05, 4.69) is 0 Å². The Morgan fingerprint density at radius 1 is 1.10 bits per heavy atom. The van der Waals surface area contributed by atoms with Crippen LogP contribution in [0.2, 0.25) is 0 Å². The van der Waals surface area contributed by atoms with E-state index in [0.717, 1.165) is 11.1 Å². The van der Waals surface area contributed by atoms with Crippen LogP contribution in [-0.2, 0) is 27.2 Å². The molecule has 0 aliphatic carbocycles. The first kappa shape index (κ1) is 20.6. The molecule has 0 saturated carbocycles. The molecule has 2 aromatic rings. The van der Waals surface area contributed by atoms with Gasteiger partial charge < -0.3 is 19.1 Å². The molecule has 0 spiro atoms. The Kier molecular flexibility index (Phi) is 6.36. The lowest BCUT2D eigenvalue weighted by Crippen LogP contribution is -2.42. The highest BCUT2D eigenvalue weighted by Crippen LogP contribution is 2.39. The Morgan fingerprint density at radius 2 is 1.79 bits per heavy atom. The molecule has 1 heterocycles. The van der Waals surface area contributed by atoms with Crippen molar-refractivity contribution >= 4 is 11.9 Å². The normalized spacial score (nSPS) is 15.4. The molecular weight excluding hydrogens is 377 g/mol. The van der Waals surface area contributed by atoms with Crippen molar-refractivity contribution in [2.24, 2.45) is 0 Å². The maximum absolute atomic E-state index is 14.0. The van der Waals surface area contributed by atoms with E-state index in [1.165, 1.54) is 20.3 Å².